The lowest BCUT2D eigenvalue weighted by Crippen LogP contribution is -2.38. The monoisotopic (exact) mass is 368 g/mol. The zero-order valence-electron chi connectivity index (χ0n) is 12.9. The van der Waals surface area contributed by atoms with Crippen LogP contribution in [-0.2, 0) is 14.6 Å². The van der Waals surface area contributed by atoms with Gasteiger partial charge in [-0.25, -0.2) is 8.42 Å². The van der Waals surface area contributed by atoms with Gasteiger partial charge >= 0.3 is 5.69 Å². The van der Waals surface area contributed by atoms with Crippen LogP contribution >= 0.6 is 11.3 Å². The van der Waals surface area contributed by atoms with Crippen molar-refractivity contribution in [2.24, 2.45) is 0 Å². The number of ether oxygens (including phenoxy) is 1. The summed E-state index contributed by atoms with van der Waals surface area (Å²) in [6.07, 6.45) is 0.790. The third-order valence-corrected chi connectivity index (χ3v) is 5.71. The molecule has 0 amide bonds. The van der Waals surface area contributed by atoms with Crippen molar-refractivity contribution in [3.8, 4) is 0 Å². The Morgan fingerprint density at radius 1 is 1.38 bits per heavy atom. The first kappa shape index (κ1) is 16.9. The molecule has 0 saturated carbocycles. The topological polar surface area (TPSA) is 89.8 Å². The summed E-state index contributed by atoms with van der Waals surface area (Å²) >= 11 is 1.56. The molecular formula is C15H16N2O5S2. The molecular weight excluding hydrogens is 352 g/mol. The van der Waals surface area contributed by atoms with Crippen molar-refractivity contribution in [3.63, 3.8) is 0 Å². The second-order valence-electron chi connectivity index (χ2n) is 5.52. The molecule has 0 aliphatic carbocycles. The number of nitrogens with zero attached hydrogens (tertiary/aromatic N) is 2. The maximum atomic E-state index is 11.9. The first-order valence-corrected chi connectivity index (χ1v) is 10.1. The molecule has 1 aromatic heterocycles. The Balaban J connectivity index is 2.01. The molecule has 1 saturated heterocycles. The van der Waals surface area contributed by atoms with Gasteiger partial charge in [0.15, 0.2) is 9.84 Å². The molecule has 1 fully saturated rings. The summed E-state index contributed by atoms with van der Waals surface area (Å²) in [5, 5.41) is 15.5. The number of nitro benzene ring substituents is 1. The quantitative estimate of drug-likeness (QED) is 0.609. The molecule has 7 nitrogen and oxygen atoms in total. The number of sulfone groups is 1. The molecule has 1 unspecified atom stereocenters. The predicted molar refractivity (Wildman–Crippen MR) is 91.4 cm³/mol. The maximum Gasteiger partial charge on any atom is 0.311 e. The van der Waals surface area contributed by atoms with Crippen molar-refractivity contribution in [1.82, 2.24) is 0 Å². The van der Waals surface area contributed by atoms with Crippen LogP contribution in [-0.4, -0.2) is 39.3 Å². The Hall–Kier alpha value is -1.97. The molecule has 1 aliphatic heterocycles. The third-order valence-electron chi connectivity index (χ3n) is 3.88. The fourth-order valence-electron chi connectivity index (χ4n) is 2.78. The molecule has 0 N–H and O–H groups in total. The van der Waals surface area contributed by atoms with Crippen LogP contribution in [0, 0.1) is 10.1 Å². The molecule has 2 heterocycles. The van der Waals surface area contributed by atoms with Gasteiger partial charge in [-0.3, -0.25) is 10.1 Å². The molecule has 2 aromatic rings. The highest BCUT2D eigenvalue weighted by Crippen LogP contribution is 2.37. The average molecular weight is 368 g/mol. The number of nitro groups is 1. The van der Waals surface area contributed by atoms with E-state index in [2.05, 4.69) is 0 Å². The number of thiophene rings is 1. The standard InChI is InChI=1S/C15H16N2O5S2/c1-24(20,21)14-4-2-3-12(15(14)17(18)19)16-6-7-22-13(9-16)11-5-8-23-10-11/h2-5,8,10,13H,6-7,9H2,1H3. The summed E-state index contributed by atoms with van der Waals surface area (Å²) in [5.41, 5.74) is 0.962. The van der Waals surface area contributed by atoms with Crippen LogP contribution in [0.3, 0.4) is 0 Å². The van der Waals surface area contributed by atoms with Gasteiger partial charge in [-0.15, -0.1) is 0 Å². The Kier molecular flexibility index (Phi) is 4.57. The summed E-state index contributed by atoms with van der Waals surface area (Å²) in [6, 6.07) is 6.35. The fourth-order valence-corrected chi connectivity index (χ4v) is 4.33. The van der Waals surface area contributed by atoms with Crippen molar-refractivity contribution < 1.29 is 18.1 Å². The number of hydrogen-bond donors (Lipinski definition) is 0. The zero-order chi connectivity index (χ0) is 17.3. The van der Waals surface area contributed by atoms with E-state index >= 15 is 0 Å². The highest BCUT2D eigenvalue weighted by molar-refractivity contribution is 7.90. The second kappa shape index (κ2) is 6.50. The molecule has 128 valence electrons. The van der Waals surface area contributed by atoms with E-state index in [1.165, 1.54) is 12.1 Å². The fraction of sp³-hybridized carbons (Fsp3) is 0.333. The molecule has 1 aliphatic rings. The lowest BCUT2D eigenvalue weighted by Gasteiger charge is -2.34. The molecule has 0 spiro atoms. The van der Waals surface area contributed by atoms with E-state index in [9.17, 15) is 18.5 Å². The number of morpholine rings is 1. The van der Waals surface area contributed by atoms with E-state index in [1.807, 2.05) is 21.7 Å². The van der Waals surface area contributed by atoms with Crippen LogP contribution in [0.25, 0.3) is 0 Å². The van der Waals surface area contributed by atoms with E-state index in [0.717, 1.165) is 11.8 Å². The highest BCUT2D eigenvalue weighted by atomic mass is 32.2. The maximum absolute atomic E-state index is 11.9. The number of para-hydroxylation sites is 1. The van der Waals surface area contributed by atoms with Gasteiger partial charge in [0.05, 0.1) is 11.5 Å². The molecule has 1 atom stereocenters. The van der Waals surface area contributed by atoms with E-state index in [1.54, 1.807) is 17.4 Å². The van der Waals surface area contributed by atoms with Crippen LogP contribution in [0.15, 0.2) is 39.9 Å². The van der Waals surface area contributed by atoms with E-state index in [-0.39, 0.29) is 16.7 Å². The van der Waals surface area contributed by atoms with Gasteiger partial charge in [-0.05, 0) is 34.5 Å². The van der Waals surface area contributed by atoms with Crippen molar-refractivity contribution in [2.45, 2.75) is 11.0 Å². The zero-order valence-corrected chi connectivity index (χ0v) is 14.5. The van der Waals surface area contributed by atoms with Crippen molar-refractivity contribution in [1.29, 1.82) is 0 Å². The SMILES string of the molecule is CS(=O)(=O)c1cccc(N2CCOC(c3ccsc3)C2)c1[N+](=O)[O-]. The van der Waals surface area contributed by atoms with Gasteiger partial charge in [0, 0.05) is 19.3 Å². The van der Waals surface area contributed by atoms with E-state index in [4.69, 9.17) is 4.74 Å². The molecule has 1 aromatic carbocycles. The van der Waals surface area contributed by atoms with Crippen LogP contribution in [0.5, 0.6) is 0 Å². The van der Waals surface area contributed by atoms with E-state index < -0.39 is 14.8 Å². The van der Waals surface area contributed by atoms with Gasteiger partial charge in [0.1, 0.15) is 16.7 Å². The Bertz CT molecular complexity index is 849. The lowest BCUT2D eigenvalue weighted by molar-refractivity contribution is -0.387. The summed E-state index contributed by atoms with van der Waals surface area (Å²) in [7, 11) is -3.69. The molecule has 9 heteroatoms. The van der Waals surface area contributed by atoms with Crippen LogP contribution < -0.4 is 4.90 Å². The molecule has 3 rings (SSSR count). The number of rotatable bonds is 4. The van der Waals surface area contributed by atoms with Gasteiger partial charge < -0.3 is 9.64 Å². The van der Waals surface area contributed by atoms with Gasteiger partial charge in [-0.1, -0.05) is 6.07 Å². The average Bonchev–Trinajstić information content (AvgIpc) is 3.08. The largest absolute Gasteiger partial charge is 0.370 e. The van der Waals surface area contributed by atoms with Crippen LogP contribution in [0.2, 0.25) is 0 Å². The second-order valence-corrected chi connectivity index (χ2v) is 8.28. The smallest absolute Gasteiger partial charge is 0.311 e. The Morgan fingerprint density at radius 2 is 2.17 bits per heavy atom. The van der Waals surface area contributed by atoms with Crippen molar-refractivity contribution in [2.75, 3.05) is 30.9 Å². The summed E-state index contributed by atoms with van der Waals surface area (Å²) in [4.78, 5) is 12.5. The minimum Gasteiger partial charge on any atom is -0.370 e. The predicted octanol–water partition coefficient (Wildman–Crippen LogP) is 2.64. The lowest BCUT2D eigenvalue weighted by atomic mass is 10.1. The Morgan fingerprint density at radius 3 is 2.79 bits per heavy atom. The first-order chi connectivity index (χ1) is 11.4. The van der Waals surface area contributed by atoms with Crippen LogP contribution in [0.1, 0.15) is 11.7 Å². The minimum atomic E-state index is -3.69. The number of hydrogen-bond acceptors (Lipinski definition) is 7. The number of anilines is 1. The molecule has 24 heavy (non-hydrogen) atoms. The van der Waals surface area contributed by atoms with Gasteiger partial charge in [-0.2, -0.15) is 11.3 Å². The highest BCUT2D eigenvalue weighted by Gasteiger charge is 2.31. The summed E-state index contributed by atoms with van der Waals surface area (Å²) < 4.78 is 29.5. The van der Waals surface area contributed by atoms with Crippen molar-refractivity contribution in [3.05, 3.63) is 50.7 Å². The Labute approximate surface area is 143 Å². The minimum absolute atomic E-state index is 0.188. The van der Waals surface area contributed by atoms with Gasteiger partial charge in [0.2, 0.25) is 0 Å². The van der Waals surface area contributed by atoms with Crippen LogP contribution in [0.4, 0.5) is 11.4 Å². The van der Waals surface area contributed by atoms with Gasteiger partial charge in [0.25, 0.3) is 0 Å². The van der Waals surface area contributed by atoms with E-state index in [0.29, 0.717) is 25.4 Å². The molecule has 0 radical (unpaired) electrons. The molecule has 0 bridgehead atoms. The third kappa shape index (κ3) is 3.28. The van der Waals surface area contributed by atoms with Crippen molar-refractivity contribution >= 4 is 32.5 Å². The first-order valence-electron chi connectivity index (χ1n) is 7.24. The summed E-state index contributed by atoms with van der Waals surface area (Å²) in [6.45, 7) is 1.32. The number of benzene rings is 1. The normalized spacial score (nSPS) is 18.5. The summed E-state index contributed by atoms with van der Waals surface area (Å²) in [5.74, 6) is 0.